The van der Waals surface area contributed by atoms with E-state index in [-0.39, 0.29) is 0 Å². The van der Waals surface area contributed by atoms with Crippen molar-refractivity contribution in [2.45, 2.75) is 0 Å². The van der Waals surface area contributed by atoms with Crippen molar-refractivity contribution < 1.29 is 9.13 Å². The maximum Gasteiger partial charge on any atom is 0.169 e. The maximum atomic E-state index is 5.10. The fraction of sp³-hybridized carbons (Fsp3) is 0.0690. The number of fused-ring (bicyclic) bond motifs is 2. The Balaban J connectivity index is 1.53. The molecule has 4 heterocycles. The summed E-state index contributed by atoms with van der Waals surface area (Å²) in [6.07, 6.45) is 10.5. The smallest absolute Gasteiger partial charge is 0.169 e. The van der Waals surface area contributed by atoms with Crippen molar-refractivity contribution in [2.75, 3.05) is 0 Å². The summed E-state index contributed by atoms with van der Waals surface area (Å²) in [4.78, 5) is 8.78. The number of aromatic amines is 1. The van der Waals surface area contributed by atoms with E-state index in [1.807, 2.05) is 23.2 Å². The van der Waals surface area contributed by atoms with E-state index in [1.165, 1.54) is 21.9 Å². The predicted octanol–water partition coefficient (Wildman–Crippen LogP) is 4.83. The van der Waals surface area contributed by atoms with Gasteiger partial charge < -0.3 is 4.98 Å². The van der Waals surface area contributed by atoms with E-state index >= 15 is 0 Å². The van der Waals surface area contributed by atoms with Crippen molar-refractivity contribution in [3.05, 3.63) is 120 Å². The third-order valence-corrected chi connectivity index (χ3v) is 6.24. The van der Waals surface area contributed by atoms with Crippen LogP contribution in [0.3, 0.4) is 0 Å². The molecule has 0 saturated carbocycles. The second-order valence-corrected chi connectivity index (χ2v) is 8.50. The van der Waals surface area contributed by atoms with Crippen LogP contribution in [0.15, 0.2) is 103 Å². The molecule has 0 aliphatic carbocycles. The molecule has 5 aromatic rings. The number of H-pyrrole nitrogens is 1. The fourth-order valence-electron chi connectivity index (χ4n) is 4.49. The lowest BCUT2D eigenvalue weighted by Crippen LogP contribution is -2.26. The topological polar surface area (TPSA) is 35.9 Å². The average molecular weight is 429 g/mol. The van der Waals surface area contributed by atoms with Gasteiger partial charge in [0.2, 0.25) is 0 Å². The molecule has 0 radical (unpaired) electrons. The van der Waals surface area contributed by atoms with Crippen LogP contribution >= 0.6 is 0 Å². The fourth-order valence-corrected chi connectivity index (χ4v) is 4.49. The van der Waals surface area contributed by atoms with Crippen LogP contribution in [0.2, 0.25) is 0 Å². The van der Waals surface area contributed by atoms with E-state index in [0.29, 0.717) is 0 Å². The zero-order chi connectivity index (χ0) is 22.4. The average Bonchev–Trinajstić information content (AvgIpc) is 3.40. The normalized spacial score (nSPS) is 14.0. The molecule has 2 aromatic carbocycles. The van der Waals surface area contributed by atoms with Crippen LogP contribution in [-0.2, 0) is 14.1 Å². The van der Waals surface area contributed by atoms with Crippen LogP contribution < -0.4 is 9.13 Å². The van der Waals surface area contributed by atoms with Gasteiger partial charge in [0.15, 0.2) is 24.8 Å². The van der Waals surface area contributed by atoms with Crippen LogP contribution in [0, 0.1) is 0 Å². The number of benzene rings is 2. The summed E-state index contributed by atoms with van der Waals surface area (Å²) in [6.45, 7) is 0. The van der Waals surface area contributed by atoms with Crippen LogP contribution in [-0.4, -0.2) is 10.7 Å². The van der Waals surface area contributed by atoms with E-state index in [2.05, 4.69) is 109 Å². The molecular formula is C29H24N4+2. The van der Waals surface area contributed by atoms with Crippen LogP contribution in [0.4, 0.5) is 0 Å². The quantitative estimate of drug-likeness (QED) is 0.400. The van der Waals surface area contributed by atoms with E-state index in [4.69, 9.17) is 4.99 Å². The van der Waals surface area contributed by atoms with E-state index in [1.54, 1.807) is 0 Å². The lowest BCUT2D eigenvalue weighted by atomic mass is 9.99. The summed E-state index contributed by atoms with van der Waals surface area (Å²) >= 11 is 0. The first-order chi connectivity index (χ1) is 16.2. The summed E-state index contributed by atoms with van der Waals surface area (Å²) in [5, 5.41) is 2.41. The van der Waals surface area contributed by atoms with Gasteiger partial charge in [0.1, 0.15) is 14.1 Å². The SMILES string of the molecule is C[n+]1ccc(C2=N/C(=C\c3[nH]c(-c4cc[n+](C)cc4)c4ccccc34)c3ccccc32)cc1. The van der Waals surface area contributed by atoms with E-state index in [0.717, 1.165) is 33.9 Å². The third-order valence-electron chi connectivity index (χ3n) is 6.24. The second-order valence-electron chi connectivity index (χ2n) is 8.50. The summed E-state index contributed by atoms with van der Waals surface area (Å²) in [5.74, 6) is 0. The molecule has 0 unspecified atom stereocenters. The number of hydrogen-bond donors (Lipinski definition) is 1. The Morgan fingerprint density at radius 3 is 1.94 bits per heavy atom. The van der Waals surface area contributed by atoms with Gasteiger partial charge in [-0.05, 0) is 6.08 Å². The van der Waals surface area contributed by atoms with Crippen molar-refractivity contribution in [2.24, 2.45) is 19.1 Å². The van der Waals surface area contributed by atoms with Gasteiger partial charge in [-0.25, -0.2) is 14.1 Å². The number of aromatic nitrogens is 3. The highest BCUT2D eigenvalue weighted by Crippen LogP contribution is 2.36. The number of nitrogens with zero attached hydrogens (tertiary/aromatic N) is 3. The van der Waals surface area contributed by atoms with E-state index in [9.17, 15) is 0 Å². The molecular weight excluding hydrogens is 404 g/mol. The molecule has 158 valence electrons. The molecule has 6 rings (SSSR count). The summed E-state index contributed by atoms with van der Waals surface area (Å²) < 4.78 is 4.09. The molecule has 33 heavy (non-hydrogen) atoms. The summed E-state index contributed by atoms with van der Waals surface area (Å²) in [6, 6.07) is 25.5. The molecule has 1 N–H and O–H groups in total. The van der Waals surface area contributed by atoms with Crippen molar-refractivity contribution in [1.82, 2.24) is 4.98 Å². The van der Waals surface area contributed by atoms with Gasteiger partial charge in [0.25, 0.3) is 0 Å². The zero-order valence-corrected chi connectivity index (χ0v) is 18.7. The number of hydrogen-bond acceptors (Lipinski definition) is 1. The first-order valence-corrected chi connectivity index (χ1v) is 11.1. The Kier molecular flexibility index (Phi) is 4.51. The Morgan fingerprint density at radius 2 is 1.24 bits per heavy atom. The highest BCUT2D eigenvalue weighted by atomic mass is 14.9. The largest absolute Gasteiger partial charge is 0.354 e. The van der Waals surface area contributed by atoms with Gasteiger partial charge in [-0.3, -0.25) is 0 Å². The second kappa shape index (κ2) is 7.68. The molecule has 0 saturated heterocycles. The minimum absolute atomic E-state index is 0.979. The standard InChI is InChI=1S/C29H23N4/c1-32-15-11-20(12-16-32)28-24-9-5-3-7-22(24)26(30-28)19-27-23-8-4-6-10-25(23)29(31-27)21-13-17-33(2)18-14-21/h3-19H,1-2H3/q+1/p+1. The zero-order valence-electron chi connectivity index (χ0n) is 18.7. The van der Waals surface area contributed by atoms with Crippen LogP contribution in [0.5, 0.6) is 0 Å². The van der Waals surface area contributed by atoms with Crippen molar-refractivity contribution in [3.63, 3.8) is 0 Å². The van der Waals surface area contributed by atoms with Gasteiger partial charge >= 0.3 is 0 Å². The Bertz CT molecular complexity index is 1550. The third kappa shape index (κ3) is 3.37. The molecule has 0 amide bonds. The number of aryl methyl sites for hydroxylation is 2. The van der Waals surface area contributed by atoms with Crippen molar-refractivity contribution >= 4 is 28.3 Å². The lowest BCUT2D eigenvalue weighted by molar-refractivity contribution is -0.671. The molecule has 1 aliphatic rings. The highest BCUT2D eigenvalue weighted by molar-refractivity contribution is 6.21. The number of nitrogens with one attached hydrogen (secondary N) is 1. The highest BCUT2D eigenvalue weighted by Gasteiger charge is 2.22. The molecule has 0 atom stereocenters. The molecule has 1 aliphatic heterocycles. The monoisotopic (exact) mass is 428 g/mol. The van der Waals surface area contributed by atoms with Gasteiger partial charge in [-0.15, -0.1) is 0 Å². The number of rotatable bonds is 3. The molecule has 0 spiro atoms. The molecule has 4 heteroatoms. The number of aliphatic imine (C=N–C) groups is 1. The Hall–Kier alpha value is -4.31. The molecule has 3 aromatic heterocycles. The van der Waals surface area contributed by atoms with Crippen LogP contribution in [0.1, 0.15) is 22.4 Å². The Morgan fingerprint density at radius 1 is 0.667 bits per heavy atom. The van der Waals surface area contributed by atoms with Gasteiger partial charge in [-0.2, -0.15) is 0 Å². The minimum atomic E-state index is 0.979. The van der Waals surface area contributed by atoms with Crippen LogP contribution in [0.25, 0.3) is 33.8 Å². The Labute approximate surface area is 192 Å². The van der Waals surface area contributed by atoms with E-state index < -0.39 is 0 Å². The molecule has 0 fully saturated rings. The maximum absolute atomic E-state index is 5.10. The molecule has 4 nitrogen and oxygen atoms in total. The van der Waals surface area contributed by atoms with Gasteiger partial charge in [0, 0.05) is 63.0 Å². The lowest BCUT2D eigenvalue weighted by Gasteiger charge is -2.02. The van der Waals surface area contributed by atoms with Gasteiger partial charge in [-0.1, -0.05) is 48.5 Å². The predicted molar refractivity (Wildman–Crippen MR) is 132 cm³/mol. The first-order valence-electron chi connectivity index (χ1n) is 11.1. The van der Waals surface area contributed by atoms with Crippen molar-refractivity contribution in [1.29, 1.82) is 0 Å². The summed E-state index contributed by atoms with van der Waals surface area (Å²) in [5.41, 5.74) is 8.82. The van der Waals surface area contributed by atoms with Gasteiger partial charge in [0.05, 0.1) is 17.1 Å². The van der Waals surface area contributed by atoms with Crippen molar-refractivity contribution in [3.8, 4) is 11.3 Å². The first kappa shape index (κ1) is 19.4. The minimum Gasteiger partial charge on any atom is -0.354 e. The number of pyridine rings is 2. The summed E-state index contributed by atoms with van der Waals surface area (Å²) in [7, 11) is 4.06. The molecule has 0 bridgehead atoms.